The van der Waals surface area contributed by atoms with Crippen LogP contribution >= 0.6 is 34.8 Å². The summed E-state index contributed by atoms with van der Waals surface area (Å²) in [6.45, 7) is 0. The van der Waals surface area contributed by atoms with Crippen LogP contribution in [0.15, 0.2) is 42.5 Å². The molecule has 0 unspecified atom stereocenters. The molecule has 5 heteroatoms. The van der Waals surface area contributed by atoms with Crippen molar-refractivity contribution in [2.24, 2.45) is 0 Å². The van der Waals surface area contributed by atoms with E-state index in [2.05, 4.69) is 0 Å². The molecule has 0 atom stereocenters. The Bertz CT molecular complexity index is 579. The minimum absolute atomic E-state index is 0.251. The molecule has 0 N–H and O–H groups in total. The number of carbonyl (C=O) groups is 1. The quantitative estimate of drug-likeness (QED) is 0.584. The van der Waals surface area contributed by atoms with Gasteiger partial charge in [0.2, 0.25) is 0 Å². The summed E-state index contributed by atoms with van der Waals surface area (Å²) in [5.41, 5.74) is 0.260. The largest absolute Gasteiger partial charge is 0.423 e. The maximum atomic E-state index is 11.8. The van der Waals surface area contributed by atoms with Gasteiger partial charge in [-0.1, -0.05) is 34.8 Å². The summed E-state index contributed by atoms with van der Waals surface area (Å²) < 4.78 is 5.15. The lowest BCUT2D eigenvalue weighted by Gasteiger charge is -2.06. The number of ether oxygens (including phenoxy) is 1. The van der Waals surface area contributed by atoms with E-state index in [9.17, 15) is 4.79 Å². The van der Waals surface area contributed by atoms with Crippen LogP contribution in [0.25, 0.3) is 0 Å². The number of carbonyl (C=O) groups excluding carboxylic acids is 1. The van der Waals surface area contributed by atoms with Gasteiger partial charge in [-0.15, -0.1) is 0 Å². The van der Waals surface area contributed by atoms with Gasteiger partial charge in [-0.05, 0) is 42.5 Å². The minimum atomic E-state index is -0.543. The van der Waals surface area contributed by atoms with Gasteiger partial charge in [0.1, 0.15) is 5.75 Å². The first-order valence-corrected chi connectivity index (χ1v) is 6.12. The molecule has 0 aliphatic carbocycles. The van der Waals surface area contributed by atoms with Gasteiger partial charge < -0.3 is 4.74 Å². The van der Waals surface area contributed by atoms with Gasteiger partial charge in [-0.2, -0.15) is 0 Å². The smallest absolute Gasteiger partial charge is 0.345 e. The molecule has 0 spiro atoms. The summed E-state index contributed by atoms with van der Waals surface area (Å²) in [5, 5.41) is 1.28. The summed E-state index contributed by atoms with van der Waals surface area (Å²) in [6, 6.07) is 11.0. The predicted molar refractivity (Wildman–Crippen MR) is 72.9 cm³/mol. The van der Waals surface area contributed by atoms with E-state index in [0.29, 0.717) is 15.8 Å². The molecule has 0 radical (unpaired) electrons. The molecular formula is C13H7Cl3O2. The van der Waals surface area contributed by atoms with Crippen LogP contribution in [0.5, 0.6) is 5.75 Å². The fraction of sp³-hybridized carbons (Fsp3) is 0. The second kappa shape index (κ2) is 5.61. The summed E-state index contributed by atoms with van der Waals surface area (Å²) in [5.74, 6) is -0.144. The molecule has 2 aromatic carbocycles. The van der Waals surface area contributed by atoms with Gasteiger partial charge in [-0.3, -0.25) is 0 Å². The Morgan fingerprint density at radius 3 is 2.11 bits per heavy atom. The number of rotatable bonds is 2. The summed E-state index contributed by atoms with van der Waals surface area (Å²) in [6.07, 6.45) is 0. The molecule has 0 aliphatic rings. The van der Waals surface area contributed by atoms with E-state index in [-0.39, 0.29) is 10.6 Å². The molecule has 0 saturated heterocycles. The lowest BCUT2D eigenvalue weighted by atomic mass is 10.2. The summed E-state index contributed by atoms with van der Waals surface area (Å²) in [7, 11) is 0. The van der Waals surface area contributed by atoms with Crippen molar-refractivity contribution >= 4 is 40.8 Å². The third-order valence-corrected chi connectivity index (χ3v) is 2.98. The standard InChI is InChI=1S/C13H7Cl3O2/c14-8-1-4-10(5-2-8)18-13(17)11-6-3-9(15)7-12(11)16/h1-7H. The predicted octanol–water partition coefficient (Wildman–Crippen LogP) is 4.87. The molecule has 0 fully saturated rings. The normalized spacial score (nSPS) is 10.2. The Morgan fingerprint density at radius 2 is 1.50 bits per heavy atom. The Kier molecular flexibility index (Phi) is 4.12. The van der Waals surface area contributed by atoms with Crippen molar-refractivity contribution in [1.82, 2.24) is 0 Å². The van der Waals surface area contributed by atoms with Crippen LogP contribution in [-0.2, 0) is 0 Å². The highest BCUT2D eigenvalue weighted by molar-refractivity contribution is 6.36. The zero-order chi connectivity index (χ0) is 13.1. The number of esters is 1. The van der Waals surface area contributed by atoms with Gasteiger partial charge in [0.15, 0.2) is 0 Å². The number of benzene rings is 2. The number of halogens is 3. The van der Waals surface area contributed by atoms with Crippen molar-refractivity contribution in [3.63, 3.8) is 0 Å². The first kappa shape index (κ1) is 13.2. The molecule has 2 aromatic rings. The fourth-order valence-corrected chi connectivity index (χ4v) is 1.93. The van der Waals surface area contributed by atoms with E-state index in [1.165, 1.54) is 12.1 Å². The van der Waals surface area contributed by atoms with Crippen molar-refractivity contribution in [3.8, 4) is 5.75 Å². The monoisotopic (exact) mass is 300 g/mol. The zero-order valence-corrected chi connectivity index (χ0v) is 11.3. The third kappa shape index (κ3) is 3.16. The summed E-state index contributed by atoms with van der Waals surface area (Å²) >= 11 is 17.4. The van der Waals surface area contributed by atoms with Crippen molar-refractivity contribution in [1.29, 1.82) is 0 Å². The maximum absolute atomic E-state index is 11.8. The van der Waals surface area contributed by atoms with Gasteiger partial charge in [0.05, 0.1) is 10.6 Å². The van der Waals surface area contributed by atoms with E-state index in [0.717, 1.165) is 0 Å². The average molecular weight is 302 g/mol. The van der Waals surface area contributed by atoms with Crippen molar-refractivity contribution in [2.45, 2.75) is 0 Å². The SMILES string of the molecule is O=C(Oc1ccc(Cl)cc1)c1ccc(Cl)cc1Cl. The zero-order valence-electron chi connectivity index (χ0n) is 8.99. The first-order chi connectivity index (χ1) is 8.56. The lowest BCUT2D eigenvalue weighted by Crippen LogP contribution is -2.08. The van der Waals surface area contributed by atoms with Crippen molar-refractivity contribution in [2.75, 3.05) is 0 Å². The van der Waals surface area contributed by atoms with E-state index in [1.807, 2.05) is 0 Å². The van der Waals surface area contributed by atoms with Crippen molar-refractivity contribution in [3.05, 3.63) is 63.1 Å². The maximum Gasteiger partial charge on any atom is 0.345 e. The van der Waals surface area contributed by atoms with Crippen LogP contribution in [0, 0.1) is 0 Å². The molecule has 0 amide bonds. The highest BCUT2D eigenvalue weighted by Gasteiger charge is 2.13. The van der Waals surface area contributed by atoms with Crippen molar-refractivity contribution < 1.29 is 9.53 Å². The van der Waals surface area contributed by atoms with Gasteiger partial charge in [0.25, 0.3) is 0 Å². The Labute approximate surface area is 119 Å². The number of hydrogen-bond donors (Lipinski definition) is 0. The Balaban J connectivity index is 2.19. The molecule has 0 heterocycles. The van der Waals surface area contributed by atoms with Crippen LogP contribution in [0.1, 0.15) is 10.4 Å². The Morgan fingerprint density at radius 1 is 0.889 bits per heavy atom. The molecule has 0 saturated carbocycles. The molecule has 18 heavy (non-hydrogen) atoms. The molecule has 0 aliphatic heterocycles. The van der Waals surface area contributed by atoms with E-state index < -0.39 is 5.97 Å². The topological polar surface area (TPSA) is 26.3 Å². The van der Waals surface area contributed by atoms with Gasteiger partial charge in [0, 0.05) is 10.0 Å². The number of hydrogen-bond acceptors (Lipinski definition) is 2. The molecule has 92 valence electrons. The van der Waals surface area contributed by atoms with E-state index in [1.54, 1.807) is 30.3 Å². The van der Waals surface area contributed by atoms with E-state index >= 15 is 0 Å². The molecule has 0 bridgehead atoms. The van der Waals surface area contributed by atoms with Crippen LogP contribution in [0.4, 0.5) is 0 Å². The molecule has 2 nitrogen and oxygen atoms in total. The lowest BCUT2D eigenvalue weighted by molar-refractivity contribution is 0.0735. The summed E-state index contributed by atoms with van der Waals surface area (Å²) in [4.78, 5) is 11.8. The van der Waals surface area contributed by atoms with Gasteiger partial charge >= 0.3 is 5.97 Å². The highest BCUT2D eigenvalue weighted by atomic mass is 35.5. The van der Waals surface area contributed by atoms with E-state index in [4.69, 9.17) is 39.5 Å². The van der Waals surface area contributed by atoms with Crippen LogP contribution in [0.2, 0.25) is 15.1 Å². The third-order valence-electron chi connectivity index (χ3n) is 2.18. The molecular weight excluding hydrogens is 294 g/mol. The van der Waals surface area contributed by atoms with Gasteiger partial charge in [-0.25, -0.2) is 4.79 Å². The second-order valence-corrected chi connectivity index (χ2v) is 4.75. The van der Waals surface area contributed by atoms with Crippen LogP contribution < -0.4 is 4.74 Å². The fourth-order valence-electron chi connectivity index (χ4n) is 1.32. The highest BCUT2D eigenvalue weighted by Crippen LogP contribution is 2.23. The van der Waals surface area contributed by atoms with Crippen LogP contribution in [-0.4, -0.2) is 5.97 Å². The second-order valence-electron chi connectivity index (χ2n) is 3.47. The van der Waals surface area contributed by atoms with Crippen LogP contribution in [0.3, 0.4) is 0 Å². The Hall–Kier alpha value is -1.22. The average Bonchev–Trinajstić information content (AvgIpc) is 2.32. The minimum Gasteiger partial charge on any atom is -0.423 e. The molecule has 2 rings (SSSR count). The molecule has 0 aromatic heterocycles. The first-order valence-electron chi connectivity index (χ1n) is 4.99.